The van der Waals surface area contributed by atoms with Gasteiger partial charge in [-0.15, -0.1) is 0 Å². The number of nitrogens with one attached hydrogen (secondary N) is 2. The van der Waals surface area contributed by atoms with Crippen molar-refractivity contribution in [3.05, 3.63) is 64.3 Å². The van der Waals surface area contributed by atoms with E-state index in [1.54, 1.807) is 36.4 Å². The lowest BCUT2D eigenvalue weighted by Gasteiger charge is -2.26. The van der Waals surface area contributed by atoms with E-state index >= 15 is 0 Å². The molecule has 1 unspecified atom stereocenters. The van der Waals surface area contributed by atoms with E-state index < -0.39 is 12.1 Å². The number of benzene rings is 2. The molecule has 146 valence electrons. The fourth-order valence-corrected chi connectivity index (χ4v) is 3.10. The van der Waals surface area contributed by atoms with Crippen molar-refractivity contribution in [3.8, 4) is 17.2 Å². The van der Waals surface area contributed by atoms with E-state index in [9.17, 15) is 9.59 Å². The van der Waals surface area contributed by atoms with Gasteiger partial charge in [-0.3, -0.25) is 4.79 Å². The van der Waals surface area contributed by atoms with Crippen LogP contribution < -0.4 is 24.8 Å². The fraction of sp³-hybridized carbons (Fsp3) is 0.200. The van der Waals surface area contributed by atoms with Crippen LogP contribution in [0.15, 0.2) is 48.2 Å². The molecule has 2 amide bonds. The summed E-state index contributed by atoms with van der Waals surface area (Å²) in [6, 6.07) is 9.03. The van der Waals surface area contributed by atoms with Crippen LogP contribution in [-0.2, 0) is 0 Å². The molecule has 1 heterocycles. The number of carbonyl (C=O) groups excluding carboxylic acids is 2. The second-order valence-corrected chi connectivity index (χ2v) is 6.38. The van der Waals surface area contributed by atoms with Crippen molar-refractivity contribution >= 4 is 23.4 Å². The molecular formula is C20H19ClN2O5. The summed E-state index contributed by atoms with van der Waals surface area (Å²) in [4.78, 5) is 25.1. The van der Waals surface area contributed by atoms with E-state index in [2.05, 4.69) is 10.6 Å². The predicted molar refractivity (Wildman–Crippen MR) is 104 cm³/mol. The average molecular weight is 403 g/mol. The Balaban J connectivity index is 2.04. The summed E-state index contributed by atoms with van der Waals surface area (Å²) in [5.74, 6) is 0.815. The minimum Gasteiger partial charge on any atom is -0.493 e. The topological polar surface area (TPSA) is 85.9 Å². The van der Waals surface area contributed by atoms with E-state index in [0.29, 0.717) is 33.4 Å². The quantitative estimate of drug-likeness (QED) is 0.722. The van der Waals surface area contributed by atoms with Crippen LogP contribution in [-0.4, -0.2) is 33.1 Å². The normalized spacial score (nSPS) is 15.8. The second kappa shape index (κ2) is 8.22. The molecule has 0 aliphatic carbocycles. The molecule has 3 rings (SSSR count). The Hall–Kier alpha value is -3.19. The summed E-state index contributed by atoms with van der Waals surface area (Å²) in [7, 11) is 4.44. The van der Waals surface area contributed by atoms with Gasteiger partial charge in [-0.2, -0.15) is 0 Å². The third kappa shape index (κ3) is 3.75. The Labute approximate surface area is 167 Å². The highest BCUT2D eigenvalue weighted by molar-refractivity contribution is 6.30. The number of urea groups is 1. The lowest BCUT2D eigenvalue weighted by Crippen LogP contribution is -2.42. The van der Waals surface area contributed by atoms with Crippen LogP contribution in [0.2, 0.25) is 5.02 Å². The van der Waals surface area contributed by atoms with Crippen LogP contribution in [0.5, 0.6) is 17.2 Å². The first-order chi connectivity index (χ1) is 13.5. The number of amides is 2. The Morgan fingerprint density at radius 2 is 1.61 bits per heavy atom. The summed E-state index contributed by atoms with van der Waals surface area (Å²) in [6.45, 7) is 0. The first kappa shape index (κ1) is 19.6. The van der Waals surface area contributed by atoms with E-state index in [1.165, 1.54) is 27.5 Å². The maximum absolute atomic E-state index is 13.3. The molecule has 0 spiro atoms. The van der Waals surface area contributed by atoms with Crippen molar-refractivity contribution in [2.45, 2.75) is 6.04 Å². The van der Waals surface area contributed by atoms with E-state index in [4.69, 9.17) is 25.8 Å². The number of ketones is 1. The molecule has 2 aromatic carbocycles. The molecule has 0 saturated heterocycles. The van der Waals surface area contributed by atoms with E-state index in [-0.39, 0.29) is 5.78 Å². The van der Waals surface area contributed by atoms with Gasteiger partial charge >= 0.3 is 6.03 Å². The molecule has 0 bridgehead atoms. The molecule has 2 aromatic rings. The number of halogens is 1. The van der Waals surface area contributed by atoms with Gasteiger partial charge in [-0.25, -0.2) is 4.79 Å². The molecule has 2 N–H and O–H groups in total. The number of hydrogen-bond donors (Lipinski definition) is 2. The highest BCUT2D eigenvalue weighted by atomic mass is 35.5. The van der Waals surface area contributed by atoms with Crippen LogP contribution in [0.25, 0.3) is 0 Å². The zero-order chi connectivity index (χ0) is 20.3. The van der Waals surface area contributed by atoms with Crippen molar-refractivity contribution in [2.75, 3.05) is 21.3 Å². The molecule has 0 fully saturated rings. The monoisotopic (exact) mass is 402 g/mol. The number of methoxy groups -OCH3 is 3. The summed E-state index contributed by atoms with van der Waals surface area (Å²) in [6.07, 6.45) is 1.41. The van der Waals surface area contributed by atoms with Gasteiger partial charge in [0.25, 0.3) is 0 Å². The molecular weight excluding hydrogens is 384 g/mol. The number of rotatable bonds is 6. The van der Waals surface area contributed by atoms with Gasteiger partial charge in [0.1, 0.15) is 0 Å². The summed E-state index contributed by atoms with van der Waals surface area (Å²) < 4.78 is 15.9. The standard InChI is InChI=1S/C20H19ClN2O5/c1-26-15-8-12(9-16(27-2)19(15)28-3)18(24)14-10-22-20(25)23-17(14)11-4-6-13(21)7-5-11/h4-10,17H,1-3H3,(H2,22,23,25). The highest BCUT2D eigenvalue weighted by Gasteiger charge is 2.30. The average Bonchev–Trinajstić information content (AvgIpc) is 2.72. The third-order valence-corrected chi connectivity index (χ3v) is 4.59. The molecule has 0 saturated carbocycles. The Bertz CT molecular complexity index is 915. The van der Waals surface area contributed by atoms with Crippen molar-refractivity contribution in [1.82, 2.24) is 10.6 Å². The van der Waals surface area contributed by atoms with Crippen LogP contribution >= 0.6 is 11.6 Å². The summed E-state index contributed by atoms with van der Waals surface area (Å²) >= 11 is 5.95. The van der Waals surface area contributed by atoms with Gasteiger partial charge in [0, 0.05) is 22.4 Å². The van der Waals surface area contributed by atoms with Gasteiger partial charge in [0.05, 0.1) is 27.4 Å². The highest BCUT2D eigenvalue weighted by Crippen LogP contribution is 2.39. The maximum atomic E-state index is 13.3. The van der Waals surface area contributed by atoms with Gasteiger partial charge < -0.3 is 24.8 Å². The molecule has 0 aromatic heterocycles. The SMILES string of the molecule is COc1cc(C(=O)C2=CNC(=O)NC2c2ccc(Cl)cc2)cc(OC)c1OC. The van der Waals surface area contributed by atoms with Crippen LogP contribution in [0, 0.1) is 0 Å². The lowest BCUT2D eigenvalue weighted by atomic mass is 9.91. The van der Waals surface area contributed by atoms with Gasteiger partial charge in [-0.1, -0.05) is 23.7 Å². The number of carbonyl (C=O) groups is 2. The molecule has 1 aliphatic heterocycles. The largest absolute Gasteiger partial charge is 0.493 e. The van der Waals surface area contributed by atoms with Gasteiger partial charge in [0.2, 0.25) is 5.75 Å². The van der Waals surface area contributed by atoms with Crippen LogP contribution in [0.4, 0.5) is 4.79 Å². The first-order valence-corrected chi connectivity index (χ1v) is 8.73. The molecule has 0 radical (unpaired) electrons. The lowest BCUT2D eigenvalue weighted by molar-refractivity contribution is 0.102. The van der Waals surface area contributed by atoms with E-state index in [0.717, 1.165) is 5.56 Å². The first-order valence-electron chi connectivity index (χ1n) is 8.35. The molecule has 28 heavy (non-hydrogen) atoms. The second-order valence-electron chi connectivity index (χ2n) is 5.95. The smallest absolute Gasteiger partial charge is 0.319 e. The number of ether oxygens (including phenoxy) is 3. The Kier molecular flexibility index (Phi) is 5.75. The van der Waals surface area contributed by atoms with E-state index in [1.807, 2.05) is 0 Å². The van der Waals surface area contributed by atoms with Gasteiger partial charge in [-0.05, 0) is 29.8 Å². The zero-order valence-corrected chi connectivity index (χ0v) is 16.3. The van der Waals surface area contributed by atoms with Crippen molar-refractivity contribution in [3.63, 3.8) is 0 Å². The fourth-order valence-electron chi connectivity index (χ4n) is 2.97. The molecule has 1 aliphatic rings. The molecule has 1 atom stereocenters. The Morgan fingerprint density at radius 1 is 1.00 bits per heavy atom. The predicted octanol–water partition coefficient (Wildman–Crippen LogP) is 3.49. The number of hydrogen-bond acceptors (Lipinski definition) is 5. The van der Waals surface area contributed by atoms with Crippen molar-refractivity contribution < 1.29 is 23.8 Å². The minimum absolute atomic E-state index is 0.299. The van der Waals surface area contributed by atoms with Crippen LogP contribution in [0.3, 0.4) is 0 Å². The maximum Gasteiger partial charge on any atom is 0.319 e. The third-order valence-electron chi connectivity index (χ3n) is 4.34. The van der Waals surface area contributed by atoms with Crippen LogP contribution in [0.1, 0.15) is 22.0 Å². The zero-order valence-electron chi connectivity index (χ0n) is 15.5. The number of Topliss-reactive ketones (excluding diaryl/α,β-unsaturated/α-hetero) is 1. The molecule has 8 heteroatoms. The van der Waals surface area contributed by atoms with Gasteiger partial charge in [0.15, 0.2) is 17.3 Å². The summed E-state index contributed by atoms with van der Waals surface area (Å²) in [5, 5.41) is 5.85. The minimum atomic E-state index is -0.627. The van der Waals surface area contributed by atoms with Crippen molar-refractivity contribution in [1.29, 1.82) is 0 Å². The Morgan fingerprint density at radius 3 is 2.14 bits per heavy atom. The molecule has 7 nitrogen and oxygen atoms in total. The van der Waals surface area contributed by atoms with Crippen molar-refractivity contribution in [2.24, 2.45) is 0 Å². The summed E-state index contributed by atoms with van der Waals surface area (Å²) in [5.41, 5.74) is 1.42.